The van der Waals surface area contributed by atoms with Crippen LogP contribution in [0.5, 0.6) is 0 Å². The minimum absolute atomic E-state index is 0.0425. The minimum Gasteiger partial charge on any atom is -0.342 e. The first-order valence-electron chi connectivity index (χ1n) is 11.1. The molecular formula is C23H31N3O3. The number of carbonyl (C=O) groups is 3. The van der Waals surface area contributed by atoms with Gasteiger partial charge in [-0.15, -0.1) is 0 Å². The standard InChI is InChI=1S/C23H31N3O3/c27-21(18-7-3-1-4-8-18)24-20(23(29)25-13-5-2-6-14-25)17-11-15-26(16-12-17)22(28)19-9-10-19/h1,3-4,7-8,17,19-20H,2,5-6,9-16H2,(H,24,27)/t20-/m0/s1. The molecular weight excluding hydrogens is 366 g/mol. The zero-order chi connectivity index (χ0) is 20.2. The summed E-state index contributed by atoms with van der Waals surface area (Å²) in [5.74, 6) is 0.421. The molecule has 1 saturated carbocycles. The van der Waals surface area contributed by atoms with Crippen LogP contribution in [0.4, 0.5) is 0 Å². The molecule has 1 aromatic carbocycles. The van der Waals surface area contributed by atoms with Crippen LogP contribution in [0.3, 0.4) is 0 Å². The second-order valence-corrected chi connectivity index (χ2v) is 8.64. The van der Waals surface area contributed by atoms with Gasteiger partial charge in [0.2, 0.25) is 11.8 Å². The van der Waals surface area contributed by atoms with E-state index < -0.39 is 6.04 Å². The van der Waals surface area contributed by atoms with Crippen LogP contribution in [-0.2, 0) is 9.59 Å². The summed E-state index contributed by atoms with van der Waals surface area (Å²) in [5, 5.41) is 3.05. The Bertz CT molecular complexity index is 733. The average molecular weight is 398 g/mol. The lowest BCUT2D eigenvalue weighted by Gasteiger charge is -2.38. The van der Waals surface area contributed by atoms with Gasteiger partial charge in [0, 0.05) is 37.7 Å². The number of rotatable bonds is 5. The number of hydrogen-bond acceptors (Lipinski definition) is 3. The van der Waals surface area contributed by atoms with Crippen molar-refractivity contribution in [2.45, 2.75) is 51.0 Å². The summed E-state index contributed by atoms with van der Waals surface area (Å²) in [4.78, 5) is 42.4. The van der Waals surface area contributed by atoms with E-state index in [1.807, 2.05) is 28.0 Å². The van der Waals surface area contributed by atoms with Crippen molar-refractivity contribution < 1.29 is 14.4 Å². The molecule has 1 aromatic rings. The summed E-state index contributed by atoms with van der Waals surface area (Å²) < 4.78 is 0. The van der Waals surface area contributed by atoms with Gasteiger partial charge in [0.25, 0.3) is 5.91 Å². The highest BCUT2D eigenvalue weighted by Crippen LogP contribution is 2.33. The van der Waals surface area contributed by atoms with Gasteiger partial charge in [0.15, 0.2) is 0 Å². The van der Waals surface area contributed by atoms with Crippen LogP contribution in [0, 0.1) is 11.8 Å². The van der Waals surface area contributed by atoms with E-state index in [2.05, 4.69) is 5.32 Å². The number of likely N-dealkylation sites (tertiary alicyclic amines) is 2. The van der Waals surface area contributed by atoms with Crippen molar-refractivity contribution in [3.05, 3.63) is 35.9 Å². The van der Waals surface area contributed by atoms with Crippen molar-refractivity contribution in [1.29, 1.82) is 0 Å². The molecule has 0 radical (unpaired) electrons. The third-order valence-electron chi connectivity index (χ3n) is 6.51. The van der Waals surface area contributed by atoms with E-state index in [0.717, 1.165) is 58.0 Å². The molecule has 156 valence electrons. The Labute approximate surface area is 172 Å². The molecule has 0 spiro atoms. The predicted octanol–water partition coefficient (Wildman–Crippen LogP) is 2.45. The first kappa shape index (κ1) is 19.9. The Balaban J connectivity index is 1.44. The van der Waals surface area contributed by atoms with E-state index in [9.17, 15) is 14.4 Å². The number of nitrogens with zero attached hydrogens (tertiary/aromatic N) is 2. The average Bonchev–Trinajstić information content (AvgIpc) is 3.63. The van der Waals surface area contributed by atoms with Crippen molar-refractivity contribution in [3.63, 3.8) is 0 Å². The highest BCUT2D eigenvalue weighted by Gasteiger charge is 2.39. The van der Waals surface area contributed by atoms with Crippen molar-refractivity contribution in [3.8, 4) is 0 Å². The highest BCUT2D eigenvalue weighted by molar-refractivity contribution is 5.97. The molecule has 0 aromatic heterocycles. The normalized spacial score (nSPS) is 21.5. The SMILES string of the molecule is O=C(N[C@H](C(=O)N1CCCCC1)C1CCN(C(=O)C2CC2)CC1)c1ccccc1. The summed E-state index contributed by atoms with van der Waals surface area (Å²) in [6, 6.07) is 8.57. The predicted molar refractivity (Wildman–Crippen MR) is 110 cm³/mol. The fourth-order valence-electron chi connectivity index (χ4n) is 4.55. The van der Waals surface area contributed by atoms with Gasteiger partial charge in [-0.2, -0.15) is 0 Å². The van der Waals surface area contributed by atoms with Crippen LogP contribution in [0.2, 0.25) is 0 Å². The number of nitrogens with one attached hydrogen (secondary N) is 1. The first-order valence-corrected chi connectivity index (χ1v) is 11.1. The number of piperidine rings is 2. The second-order valence-electron chi connectivity index (χ2n) is 8.64. The summed E-state index contributed by atoms with van der Waals surface area (Å²) in [6.07, 6.45) is 6.77. The maximum atomic E-state index is 13.3. The van der Waals surface area contributed by atoms with Gasteiger partial charge in [-0.1, -0.05) is 18.2 Å². The quantitative estimate of drug-likeness (QED) is 0.830. The lowest BCUT2D eigenvalue weighted by molar-refractivity contribution is -0.137. The third kappa shape index (κ3) is 4.80. The molecule has 1 N–H and O–H groups in total. The van der Waals surface area contributed by atoms with Crippen LogP contribution >= 0.6 is 0 Å². The molecule has 2 heterocycles. The number of carbonyl (C=O) groups excluding carboxylic acids is 3. The van der Waals surface area contributed by atoms with Gasteiger partial charge in [-0.05, 0) is 63.0 Å². The molecule has 6 heteroatoms. The number of hydrogen-bond donors (Lipinski definition) is 1. The van der Waals surface area contributed by atoms with Crippen molar-refractivity contribution in [2.75, 3.05) is 26.2 Å². The topological polar surface area (TPSA) is 69.7 Å². The molecule has 0 bridgehead atoms. The molecule has 4 rings (SSSR count). The molecule has 3 fully saturated rings. The number of amides is 3. The van der Waals surface area contributed by atoms with Gasteiger partial charge in [0.05, 0.1) is 0 Å². The fraction of sp³-hybridized carbons (Fsp3) is 0.609. The maximum Gasteiger partial charge on any atom is 0.251 e. The molecule has 0 unspecified atom stereocenters. The van der Waals surface area contributed by atoms with Crippen LogP contribution < -0.4 is 5.32 Å². The number of benzene rings is 1. The smallest absolute Gasteiger partial charge is 0.251 e. The second kappa shape index (κ2) is 8.97. The fourth-order valence-corrected chi connectivity index (χ4v) is 4.55. The van der Waals surface area contributed by atoms with Crippen molar-refractivity contribution >= 4 is 17.7 Å². The van der Waals surface area contributed by atoms with Crippen molar-refractivity contribution in [1.82, 2.24) is 15.1 Å². The van der Waals surface area contributed by atoms with E-state index in [1.165, 1.54) is 0 Å². The van der Waals surface area contributed by atoms with Gasteiger partial charge >= 0.3 is 0 Å². The van der Waals surface area contributed by atoms with E-state index in [1.54, 1.807) is 12.1 Å². The molecule has 3 aliphatic rings. The maximum absolute atomic E-state index is 13.3. The Kier molecular flexibility index (Phi) is 6.16. The first-order chi connectivity index (χ1) is 14.1. The Morgan fingerprint density at radius 3 is 2.10 bits per heavy atom. The van der Waals surface area contributed by atoms with Crippen molar-refractivity contribution in [2.24, 2.45) is 11.8 Å². The molecule has 3 amide bonds. The molecule has 2 saturated heterocycles. The van der Waals surface area contributed by atoms with Crippen LogP contribution in [-0.4, -0.2) is 59.7 Å². The van der Waals surface area contributed by atoms with Gasteiger partial charge in [-0.25, -0.2) is 0 Å². The summed E-state index contributed by atoms with van der Waals surface area (Å²) >= 11 is 0. The molecule has 6 nitrogen and oxygen atoms in total. The highest BCUT2D eigenvalue weighted by atomic mass is 16.2. The zero-order valence-electron chi connectivity index (χ0n) is 17.0. The summed E-state index contributed by atoms with van der Waals surface area (Å²) in [7, 11) is 0. The zero-order valence-corrected chi connectivity index (χ0v) is 17.0. The summed E-state index contributed by atoms with van der Waals surface area (Å²) in [5.41, 5.74) is 0.574. The molecule has 1 atom stereocenters. The van der Waals surface area contributed by atoms with Crippen LogP contribution in [0.25, 0.3) is 0 Å². The minimum atomic E-state index is -0.515. The lowest BCUT2D eigenvalue weighted by Crippen LogP contribution is -2.55. The largest absolute Gasteiger partial charge is 0.342 e. The van der Waals surface area contributed by atoms with Gasteiger partial charge in [-0.3, -0.25) is 14.4 Å². The van der Waals surface area contributed by atoms with E-state index in [-0.39, 0.29) is 29.6 Å². The van der Waals surface area contributed by atoms with E-state index >= 15 is 0 Å². The van der Waals surface area contributed by atoms with Gasteiger partial charge in [0.1, 0.15) is 6.04 Å². The Hall–Kier alpha value is -2.37. The Morgan fingerprint density at radius 1 is 0.828 bits per heavy atom. The monoisotopic (exact) mass is 397 g/mol. The van der Waals surface area contributed by atoms with Gasteiger partial charge < -0.3 is 15.1 Å². The molecule has 29 heavy (non-hydrogen) atoms. The molecule has 1 aliphatic carbocycles. The molecule has 2 aliphatic heterocycles. The van der Waals surface area contributed by atoms with Crippen LogP contribution in [0.15, 0.2) is 30.3 Å². The van der Waals surface area contributed by atoms with Crippen LogP contribution in [0.1, 0.15) is 55.3 Å². The summed E-state index contributed by atoms with van der Waals surface area (Å²) in [6.45, 7) is 2.92. The van der Waals surface area contributed by atoms with E-state index in [0.29, 0.717) is 18.7 Å². The lowest BCUT2D eigenvalue weighted by atomic mass is 9.87. The Morgan fingerprint density at radius 2 is 1.48 bits per heavy atom. The van der Waals surface area contributed by atoms with E-state index in [4.69, 9.17) is 0 Å². The third-order valence-corrected chi connectivity index (χ3v) is 6.51.